The molecule has 2 N–H and O–H groups in total. The van der Waals surface area contributed by atoms with Crippen molar-refractivity contribution in [3.05, 3.63) is 120 Å². The summed E-state index contributed by atoms with van der Waals surface area (Å²) in [6, 6.07) is 32.3. The van der Waals surface area contributed by atoms with Crippen molar-refractivity contribution in [3.8, 4) is 33.4 Å². The van der Waals surface area contributed by atoms with E-state index in [1.165, 1.54) is 12.1 Å². The molecule has 6 aromatic carbocycles. The molecule has 6 nitrogen and oxygen atoms in total. The lowest BCUT2D eigenvalue weighted by atomic mass is 9.90. The lowest BCUT2D eigenvalue weighted by molar-refractivity contribution is 0.480. The largest absolute Gasteiger partial charge is 0.295 e. The van der Waals surface area contributed by atoms with Crippen molar-refractivity contribution >= 4 is 41.8 Å². The van der Waals surface area contributed by atoms with Crippen LogP contribution in [-0.4, -0.2) is 25.9 Å². The van der Waals surface area contributed by atoms with Crippen molar-refractivity contribution in [2.45, 2.75) is 23.6 Å². The maximum Gasteiger partial charge on any atom is 0.295 e. The maximum absolute atomic E-state index is 12.7. The Morgan fingerprint density at radius 3 is 1.21 bits per heavy atom. The van der Waals surface area contributed by atoms with Gasteiger partial charge in [-0.25, -0.2) is 0 Å². The van der Waals surface area contributed by atoms with Gasteiger partial charge in [-0.2, -0.15) is 16.8 Å². The van der Waals surface area contributed by atoms with Crippen LogP contribution in [0.15, 0.2) is 119 Å². The van der Waals surface area contributed by atoms with E-state index in [9.17, 15) is 25.9 Å². The standard InChI is InChI=1S/C34H26O6S2/c1-21-7-3-5-9-27(21)23-11-15-29-25(19-23)13-17-31(41(35,36)37)33(29)34-30-16-12-24(28-10-6-4-8-22(28)2)20-26(30)14-18-32(34)42(38,39)40/h3-20H,1-2H3,(H,35,36,37)(H,38,39,40). The fourth-order valence-corrected chi connectivity index (χ4v) is 7.11. The Labute approximate surface area is 244 Å². The zero-order chi connectivity index (χ0) is 29.8. The quantitative estimate of drug-likeness (QED) is 0.195. The molecule has 42 heavy (non-hydrogen) atoms. The molecule has 6 rings (SSSR count). The van der Waals surface area contributed by atoms with Gasteiger partial charge in [0.05, 0.1) is 0 Å². The highest BCUT2D eigenvalue weighted by Crippen LogP contribution is 2.44. The summed E-state index contributed by atoms with van der Waals surface area (Å²) < 4.78 is 71.5. The maximum atomic E-state index is 12.7. The minimum Gasteiger partial charge on any atom is -0.282 e. The molecular formula is C34H26O6S2. The molecule has 0 saturated carbocycles. The van der Waals surface area contributed by atoms with Crippen LogP contribution < -0.4 is 0 Å². The summed E-state index contributed by atoms with van der Waals surface area (Å²) in [5, 5.41) is 2.08. The average molecular weight is 595 g/mol. The summed E-state index contributed by atoms with van der Waals surface area (Å²) in [5.41, 5.74) is 5.86. The summed E-state index contributed by atoms with van der Waals surface area (Å²) in [4.78, 5) is -0.918. The third-order valence-corrected chi connectivity index (χ3v) is 9.47. The molecule has 0 aromatic heterocycles. The molecule has 6 aromatic rings. The summed E-state index contributed by atoms with van der Waals surface area (Å²) in [7, 11) is -9.61. The van der Waals surface area contributed by atoms with Crippen LogP contribution in [0.2, 0.25) is 0 Å². The lowest BCUT2D eigenvalue weighted by Crippen LogP contribution is -2.06. The molecule has 0 heterocycles. The normalized spacial score (nSPS) is 12.2. The molecule has 8 heteroatoms. The fraction of sp³-hybridized carbons (Fsp3) is 0.0588. The summed E-state index contributed by atoms with van der Waals surface area (Å²) in [5.74, 6) is 0. The molecule has 0 saturated heterocycles. The number of hydrogen-bond acceptors (Lipinski definition) is 4. The molecule has 0 spiro atoms. The van der Waals surface area contributed by atoms with E-state index in [2.05, 4.69) is 0 Å². The van der Waals surface area contributed by atoms with Crippen molar-refractivity contribution in [2.24, 2.45) is 0 Å². The Morgan fingerprint density at radius 2 is 0.857 bits per heavy atom. The molecule has 0 atom stereocenters. The van der Waals surface area contributed by atoms with Gasteiger partial charge in [0, 0.05) is 11.1 Å². The van der Waals surface area contributed by atoms with E-state index >= 15 is 0 Å². The van der Waals surface area contributed by atoms with Crippen LogP contribution in [0.4, 0.5) is 0 Å². The van der Waals surface area contributed by atoms with E-state index in [-0.39, 0.29) is 11.1 Å². The predicted molar refractivity (Wildman–Crippen MR) is 167 cm³/mol. The Hall–Kier alpha value is -4.34. The summed E-state index contributed by atoms with van der Waals surface area (Å²) >= 11 is 0. The van der Waals surface area contributed by atoms with Crippen LogP contribution in [0, 0.1) is 13.8 Å². The van der Waals surface area contributed by atoms with Gasteiger partial charge in [-0.3, -0.25) is 9.11 Å². The first-order chi connectivity index (χ1) is 19.9. The second kappa shape index (κ2) is 10.2. The highest BCUT2D eigenvalue weighted by Gasteiger charge is 2.27. The van der Waals surface area contributed by atoms with E-state index in [0.717, 1.165) is 33.4 Å². The van der Waals surface area contributed by atoms with E-state index in [1.807, 2.05) is 86.6 Å². The van der Waals surface area contributed by atoms with Crippen LogP contribution in [0.5, 0.6) is 0 Å². The number of rotatable bonds is 5. The first-order valence-corrected chi connectivity index (χ1v) is 16.0. The fourth-order valence-electron chi connectivity index (χ4n) is 5.69. The van der Waals surface area contributed by atoms with Crippen molar-refractivity contribution < 1.29 is 25.9 Å². The third kappa shape index (κ3) is 4.88. The van der Waals surface area contributed by atoms with Crippen LogP contribution in [0.1, 0.15) is 11.1 Å². The van der Waals surface area contributed by atoms with Gasteiger partial charge >= 0.3 is 0 Å². The smallest absolute Gasteiger partial charge is 0.282 e. The number of hydrogen-bond donors (Lipinski definition) is 2. The summed E-state index contributed by atoms with van der Waals surface area (Å²) in [6.45, 7) is 3.98. The second-order valence-electron chi connectivity index (χ2n) is 10.3. The molecule has 0 radical (unpaired) electrons. The third-order valence-electron chi connectivity index (χ3n) is 7.68. The molecule has 0 unspecified atom stereocenters. The molecule has 0 aliphatic rings. The van der Waals surface area contributed by atoms with Crippen LogP contribution in [-0.2, 0) is 20.2 Å². The average Bonchev–Trinajstić information content (AvgIpc) is 2.95. The molecule has 0 aliphatic carbocycles. The SMILES string of the molecule is Cc1ccccc1-c1ccc2c(-c3c(S(=O)(=O)O)ccc4cc(-c5ccccc5C)ccc34)c(S(=O)(=O)O)ccc2c1. The molecule has 0 aliphatic heterocycles. The zero-order valence-corrected chi connectivity index (χ0v) is 24.4. The van der Waals surface area contributed by atoms with Crippen molar-refractivity contribution in [3.63, 3.8) is 0 Å². The Kier molecular flexibility index (Phi) is 6.74. The van der Waals surface area contributed by atoms with Gasteiger partial charge in [0.15, 0.2) is 0 Å². The van der Waals surface area contributed by atoms with Crippen LogP contribution in [0.25, 0.3) is 54.9 Å². The number of benzene rings is 6. The monoisotopic (exact) mass is 594 g/mol. The number of aryl methyl sites for hydroxylation is 2. The van der Waals surface area contributed by atoms with E-state index in [1.54, 1.807) is 24.3 Å². The van der Waals surface area contributed by atoms with Gasteiger partial charge in [-0.05, 0) is 93.0 Å². The molecule has 0 fully saturated rings. The van der Waals surface area contributed by atoms with E-state index in [4.69, 9.17) is 0 Å². The zero-order valence-electron chi connectivity index (χ0n) is 22.7. The summed E-state index contributed by atoms with van der Waals surface area (Å²) in [6.07, 6.45) is 0. The van der Waals surface area contributed by atoms with Gasteiger partial charge < -0.3 is 0 Å². The Morgan fingerprint density at radius 1 is 0.476 bits per heavy atom. The minimum atomic E-state index is -4.81. The Balaban J connectivity index is 1.72. The van der Waals surface area contributed by atoms with Crippen molar-refractivity contribution in [1.82, 2.24) is 0 Å². The van der Waals surface area contributed by atoms with Crippen LogP contribution in [0.3, 0.4) is 0 Å². The van der Waals surface area contributed by atoms with Gasteiger partial charge in [0.25, 0.3) is 20.2 Å². The minimum absolute atomic E-state index is 0.00630. The molecule has 210 valence electrons. The predicted octanol–water partition coefficient (Wildman–Crippen LogP) is 8.10. The van der Waals surface area contributed by atoms with Gasteiger partial charge in [0.2, 0.25) is 0 Å². The highest BCUT2D eigenvalue weighted by atomic mass is 32.2. The van der Waals surface area contributed by atoms with Gasteiger partial charge in [0.1, 0.15) is 9.79 Å². The van der Waals surface area contributed by atoms with Gasteiger partial charge in [-0.1, -0.05) is 84.9 Å². The Bertz CT molecular complexity index is 2110. The topological polar surface area (TPSA) is 109 Å². The van der Waals surface area contributed by atoms with Crippen LogP contribution >= 0.6 is 0 Å². The van der Waals surface area contributed by atoms with E-state index in [0.29, 0.717) is 21.5 Å². The first-order valence-electron chi connectivity index (χ1n) is 13.1. The highest BCUT2D eigenvalue weighted by molar-refractivity contribution is 7.86. The van der Waals surface area contributed by atoms with Gasteiger partial charge in [-0.15, -0.1) is 0 Å². The lowest BCUT2D eigenvalue weighted by Gasteiger charge is -2.18. The van der Waals surface area contributed by atoms with Crippen molar-refractivity contribution in [2.75, 3.05) is 0 Å². The van der Waals surface area contributed by atoms with Crippen molar-refractivity contribution in [1.29, 1.82) is 0 Å². The van der Waals surface area contributed by atoms with E-state index < -0.39 is 30.0 Å². The number of fused-ring (bicyclic) bond motifs is 2. The first kappa shape index (κ1) is 27.8. The molecule has 0 bridgehead atoms. The molecule has 0 amide bonds. The molecular weight excluding hydrogens is 569 g/mol. The second-order valence-corrected chi connectivity index (χ2v) is 13.1.